The second-order valence-corrected chi connectivity index (χ2v) is 9.61. The van der Waals surface area contributed by atoms with Crippen molar-refractivity contribution in [3.8, 4) is 17.2 Å². The van der Waals surface area contributed by atoms with Crippen molar-refractivity contribution in [3.05, 3.63) is 91.4 Å². The Bertz CT molecular complexity index is 1480. The number of halogens is 2. The first-order valence-corrected chi connectivity index (χ1v) is 13.0. The number of fused-ring (bicyclic) bond motifs is 1. The molecule has 0 amide bonds. The molecule has 1 heterocycles. The van der Waals surface area contributed by atoms with Gasteiger partial charge in [-0.25, -0.2) is 4.98 Å². The van der Waals surface area contributed by atoms with Crippen LogP contribution in [-0.4, -0.2) is 30.1 Å². The van der Waals surface area contributed by atoms with Crippen molar-refractivity contribution in [2.45, 2.75) is 32.8 Å². The molecule has 0 aliphatic carbocycles. The van der Waals surface area contributed by atoms with Gasteiger partial charge in [-0.2, -0.15) is 9.78 Å². The summed E-state index contributed by atoms with van der Waals surface area (Å²) in [5, 5.41) is 5.63. The van der Waals surface area contributed by atoms with E-state index < -0.39 is 0 Å². The third kappa shape index (κ3) is 6.14. The molecular weight excluding hydrogens is 558 g/mol. The molecule has 0 unspecified atom stereocenters. The molecule has 0 atom stereocenters. The molecule has 0 aliphatic heterocycles. The topological polar surface area (TPSA) is 74.9 Å². The minimum Gasteiger partial charge on any atom is -0.493 e. The van der Waals surface area contributed by atoms with E-state index in [1.54, 1.807) is 38.6 Å². The highest BCUT2D eigenvalue weighted by Crippen LogP contribution is 2.39. The van der Waals surface area contributed by atoms with Crippen molar-refractivity contribution in [1.29, 1.82) is 0 Å². The van der Waals surface area contributed by atoms with Crippen LogP contribution in [0.3, 0.4) is 0 Å². The molecule has 0 spiro atoms. The van der Waals surface area contributed by atoms with E-state index in [0.29, 0.717) is 51.0 Å². The maximum absolute atomic E-state index is 13.3. The Morgan fingerprint density at radius 3 is 2.49 bits per heavy atom. The quantitative estimate of drug-likeness (QED) is 0.196. The summed E-state index contributed by atoms with van der Waals surface area (Å²) >= 11 is 9.71. The molecule has 4 rings (SSSR count). The van der Waals surface area contributed by atoms with E-state index in [-0.39, 0.29) is 12.2 Å². The van der Waals surface area contributed by atoms with Crippen molar-refractivity contribution < 1.29 is 14.2 Å². The Labute approximate surface area is 228 Å². The van der Waals surface area contributed by atoms with Gasteiger partial charge < -0.3 is 14.2 Å². The summed E-state index contributed by atoms with van der Waals surface area (Å²) in [7, 11) is 3.10. The Morgan fingerprint density at radius 1 is 1.08 bits per heavy atom. The van der Waals surface area contributed by atoms with Crippen molar-refractivity contribution in [2.75, 3.05) is 14.2 Å². The number of hydrogen-bond acceptors (Lipinski definition) is 6. The maximum atomic E-state index is 13.3. The summed E-state index contributed by atoms with van der Waals surface area (Å²) in [6.45, 7) is 2.34. The fourth-order valence-corrected chi connectivity index (χ4v) is 4.37. The summed E-state index contributed by atoms with van der Waals surface area (Å²) < 4.78 is 19.4. The van der Waals surface area contributed by atoms with Crippen LogP contribution in [0.15, 0.2) is 69.0 Å². The van der Waals surface area contributed by atoms with Gasteiger partial charge in [-0.15, -0.1) is 0 Å². The molecule has 0 saturated heterocycles. The molecule has 7 nitrogen and oxygen atoms in total. The number of aryl methyl sites for hydroxylation is 1. The van der Waals surface area contributed by atoms with E-state index in [4.69, 9.17) is 30.8 Å². The standard InChI is InChI=1S/C28H27BrClN3O4/c1-4-5-10-26-32-23-12-11-20(29)15-21(23)28(34)33(26)31-16-18-13-24(35-2)27(25(14-18)36-3)37-17-19-8-6-7-9-22(19)30/h6-9,11-16H,4-5,10,17H2,1-3H3. The number of hydrogen-bond donors (Lipinski definition) is 0. The third-order valence-electron chi connectivity index (χ3n) is 5.76. The number of unbranched alkanes of at least 4 members (excludes halogenated alkanes) is 1. The number of nitrogens with zero attached hydrogens (tertiary/aromatic N) is 3. The van der Waals surface area contributed by atoms with Gasteiger partial charge in [0.1, 0.15) is 12.4 Å². The minimum absolute atomic E-state index is 0.229. The largest absolute Gasteiger partial charge is 0.493 e. The Balaban J connectivity index is 1.71. The first-order chi connectivity index (χ1) is 17.9. The average Bonchev–Trinajstić information content (AvgIpc) is 2.91. The highest BCUT2D eigenvalue weighted by atomic mass is 79.9. The third-order valence-corrected chi connectivity index (χ3v) is 6.63. The summed E-state index contributed by atoms with van der Waals surface area (Å²) in [6.07, 6.45) is 4.09. The lowest BCUT2D eigenvalue weighted by molar-refractivity contribution is 0.266. The maximum Gasteiger partial charge on any atom is 0.282 e. The molecule has 0 saturated carbocycles. The van der Waals surface area contributed by atoms with Gasteiger partial charge in [-0.05, 0) is 42.8 Å². The van der Waals surface area contributed by atoms with Crippen LogP contribution in [0.1, 0.15) is 36.7 Å². The van der Waals surface area contributed by atoms with Gasteiger partial charge in [0.2, 0.25) is 5.75 Å². The van der Waals surface area contributed by atoms with Gasteiger partial charge in [0.05, 0.1) is 31.3 Å². The van der Waals surface area contributed by atoms with E-state index in [1.807, 2.05) is 36.4 Å². The van der Waals surface area contributed by atoms with Crippen LogP contribution >= 0.6 is 27.5 Å². The van der Waals surface area contributed by atoms with Crippen molar-refractivity contribution in [1.82, 2.24) is 9.66 Å². The highest BCUT2D eigenvalue weighted by Gasteiger charge is 2.16. The summed E-state index contributed by atoms with van der Waals surface area (Å²) in [6, 6.07) is 16.5. The molecule has 4 aromatic rings. The number of aromatic nitrogens is 2. The van der Waals surface area contributed by atoms with Gasteiger partial charge in [0, 0.05) is 27.0 Å². The SMILES string of the molecule is CCCCc1nc2ccc(Br)cc2c(=O)n1N=Cc1cc(OC)c(OCc2ccccc2Cl)c(OC)c1. The van der Waals surface area contributed by atoms with Crippen LogP contribution in [0, 0.1) is 0 Å². The summed E-state index contributed by atoms with van der Waals surface area (Å²) in [4.78, 5) is 18.1. The van der Waals surface area contributed by atoms with Crippen molar-refractivity contribution in [3.63, 3.8) is 0 Å². The smallest absolute Gasteiger partial charge is 0.282 e. The van der Waals surface area contributed by atoms with Gasteiger partial charge in [0.25, 0.3) is 5.56 Å². The van der Waals surface area contributed by atoms with Crippen molar-refractivity contribution >= 4 is 44.6 Å². The summed E-state index contributed by atoms with van der Waals surface area (Å²) in [5.41, 5.74) is 1.93. The lowest BCUT2D eigenvalue weighted by Crippen LogP contribution is -2.22. The number of methoxy groups -OCH3 is 2. The molecule has 0 bridgehead atoms. The predicted octanol–water partition coefficient (Wildman–Crippen LogP) is 6.63. The van der Waals surface area contributed by atoms with E-state index in [0.717, 1.165) is 22.9 Å². The molecule has 1 aromatic heterocycles. The number of rotatable bonds is 10. The average molecular weight is 585 g/mol. The van der Waals surface area contributed by atoms with E-state index in [1.165, 1.54) is 4.68 Å². The first-order valence-electron chi connectivity index (χ1n) is 11.8. The van der Waals surface area contributed by atoms with Crippen LogP contribution in [0.2, 0.25) is 5.02 Å². The first kappa shape index (κ1) is 26.7. The van der Waals surface area contributed by atoms with Gasteiger partial charge in [0.15, 0.2) is 11.5 Å². The van der Waals surface area contributed by atoms with Crippen LogP contribution in [0.5, 0.6) is 17.2 Å². The normalized spacial score (nSPS) is 11.3. The van der Waals surface area contributed by atoms with Crippen LogP contribution < -0.4 is 19.8 Å². The van der Waals surface area contributed by atoms with E-state index in [9.17, 15) is 4.79 Å². The molecule has 0 aliphatic rings. The van der Waals surface area contributed by atoms with Gasteiger partial charge in [-0.1, -0.05) is 59.1 Å². The second-order valence-electron chi connectivity index (χ2n) is 8.29. The van der Waals surface area contributed by atoms with Crippen molar-refractivity contribution in [2.24, 2.45) is 5.10 Å². The number of benzene rings is 3. The molecular formula is C28H27BrClN3O4. The molecule has 9 heteroatoms. The molecule has 192 valence electrons. The molecule has 0 N–H and O–H groups in total. The zero-order chi connectivity index (χ0) is 26.4. The minimum atomic E-state index is -0.229. The van der Waals surface area contributed by atoms with Crippen LogP contribution in [-0.2, 0) is 13.0 Å². The zero-order valence-corrected chi connectivity index (χ0v) is 23.2. The molecule has 0 fully saturated rings. The highest BCUT2D eigenvalue weighted by molar-refractivity contribution is 9.10. The van der Waals surface area contributed by atoms with Crippen LogP contribution in [0.4, 0.5) is 0 Å². The fraction of sp³-hybridized carbons (Fsp3) is 0.250. The molecule has 37 heavy (non-hydrogen) atoms. The van der Waals surface area contributed by atoms with E-state index in [2.05, 4.69) is 28.0 Å². The Morgan fingerprint density at radius 2 is 1.81 bits per heavy atom. The fourth-order valence-electron chi connectivity index (χ4n) is 3.82. The van der Waals surface area contributed by atoms with E-state index >= 15 is 0 Å². The monoisotopic (exact) mass is 583 g/mol. The Kier molecular flexibility index (Phi) is 8.84. The predicted molar refractivity (Wildman–Crippen MR) is 151 cm³/mol. The summed E-state index contributed by atoms with van der Waals surface area (Å²) in [5.74, 6) is 1.98. The lowest BCUT2D eigenvalue weighted by Gasteiger charge is -2.16. The molecule has 3 aromatic carbocycles. The number of ether oxygens (including phenoxy) is 3. The van der Waals surface area contributed by atoms with Gasteiger partial charge >= 0.3 is 0 Å². The van der Waals surface area contributed by atoms with Gasteiger partial charge in [-0.3, -0.25) is 4.79 Å². The Hall–Kier alpha value is -3.36. The zero-order valence-electron chi connectivity index (χ0n) is 20.8. The lowest BCUT2D eigenvalue weighted by atomic mass is 10.2. The molecule has 0 radical (unpaired) electrons. The second kappa shape index (κ2) is 12.3. The van der Waals surface area contributed by atoms with Crippen LogP contribution in [0.25, 0.3) is 10.9 Å².